The monoisotopic (exact) mass is 270 g/mol. The molecule has 2 rings (SSSR count). The molecule has 3 N–H and O–H groups in total. The number of aliphatic carboxylic acids is 1. The number of carbonyl (C=O) groups is 2. The van der Waals surface area contributed by atoms with Crippen LogP contribution in [-0.2, 0) is 14.3 Å². The summed E-state index contributed by atoms with van der Waals surface area (Å²) in [5, 5.41) is 15.1. The first-order valence-corrected chi connectivity index (χ1v) is 6.96. The molecule has 0 saturated carbocycles. The highest BCUT2D eigenvalue weighted by molar-refractivity contribution is 5.83. The van der Waals surface area contributed by atoms with Crippen LogP contribution < -0.4 is 10.6 Å². The molecule has 2 fully saturated rings. The van der Waals surface area contributed by atoms with Crippen molar-refractivity contribution in [1.29, 1.82) is 0 Å². The maximum Gasteiger partial charge on any atom is 0.311 e. The molecule has 0 bridgehead atoms. The molecule has 0 aromatic rings. The molecule has 0 aromatic carbocycles. The number of nitrogens with one attached hydrogen (secondary N) is 2. The molecule has 2 aliphatic rings. The lowest BCUT2D eigenvalue weighted by Crippen LogP contribution is -2.53. The predicted octanol–water partition coefficient (Wildman–Crippen LogP) is -0.0196. The minimum Gasteiger partial charge on any atom is -0.481 e. The van der Waals surface area contributed by atoms with Crippen molar-refractivity contribution in [2.45, 2.75) is 38.3 Å². The second kappa shape index (κ2) is 6.34. The van der Waals surface area contributed by atoms with Gasteiger partial charge in [-0.25, -0.2) is 0 Å². The molecule has 4 atom stereocenters. The van der Waals surface area contributed by atoms with E-state index in [-0.39, 0.29) is 25.2 Å². The van der Waals surface area contributed by atoms with Gasteiger partial charge >= 0.3 is 5.97 Å². The van der Waals surface area contributed by atoms with Crippen LogP contribution in [0.5, 0.6) is 0 Å². The Bertz CT molecular complexity index is 348. The summed E-state index contributed by atoms with van der Waals surface area (Å²) in [6.45, 7) is 3.44. The molecule has 0 aliphatic carbocycles. The number of hydrogen-bond donors (Lipinski definition) is 3. The molecule has 0 spiro atoms. The number of amides is 1. The van der Waals surface area contributed by atoms with Gasteiger partial charge in [0, 0.05) is 0 Å². The Morgan fingerprint density at radius 2 is 2.21 bits per heavy atom. The van der Waals surface area contributed by atoms with E-state index in [1.165, 1.54) is 0 Å². The minimum absolute atomic E-state index is 0.0973. The molecule has 2 aliphatic heterocycles. The van der Waals surface area contributed by atoms with Crippen molar-refractivity contribution in [2.24, 2.45) is 11.8 Å². The fraction of sp³-hybridized carbons (Fsp3) is 0.846. The van der Waals surface area contributed by atoms with Crippen LogP contribution >= 0.6 is 0 Å². The zero-order valence-corrected chi connectivity index (χ0v) is 11.2. The lowest BCUT2D eigenvalue weighted by Gasteiger charge is -2.30. The average molecular weight is 270 g/mol. The summed E-state index contributed by atoms with van der Waals surface area (Å²) < 4.78 is 5.15. The SMILES string of the molecule is CCC1CCNC(C(=O)NC2COCC2C(=O)O)C1. The summed E-state index contributed by atoms with van der Waals surface area (Å²) in [4.78, 5) is 23.2. The highest BCUT2D eigenvalue weighted by Crippen LogP contribution is 2.20. The van der Waals surface area contributed by atoms with E-state index in [0.29, 0.717) is 5.92 Å². The fourth-order valence-corrected chi connectivity index (χ4v) is 2.79. The second-order valence-electron chi connectivity index (χ2n) is 5.40. The maximum absolute atomic E-state index is 12.2. The Balaban J connectivity index is 1.88. The van der Waals surface area contributed by atoms with Gasteiger partial charge in [0.25, 0.3) is 0 Å². The molecule has 6 heteroatoms. The predicted molar refractivity (Wildman–Crippen MR) is 68.7 cm³/mol. The van der Waals surface area contributed by atoms with E-state index in [2.05, 4.69) is 17.6 Å². The first-order valence-electron chi connectivity index (χ1n) is 6.96. The standard InChI is InChI=1S/C13H22N2O4/c1-2-8-3-4-14-10(5-8)12(16)15-11-7-19-6-9(11)13(17)18/h8-11,14H,2-7H2,1H3,(H,15,16)(H,17,18). The molecule has 0 radical (unpaired) electrons. The Morgan fingerprint density at radius 3 is 2.89 bits per heavy atom. The Labute approximate surface area is 112 Å². The van der Waals surface area contributed by atoms with Gasteiger partial charge in [-0.3, -0.25) is 9.59 Å². The van der Waals surface area contributed by atoms with Crippen molar-refractivity contribution in [3.05, 3.63) is 0 Å². The summed E-state index contributed by atoms with van der Waals surface area (Å²) in [6, 6.07) is -0.609. The van der Waals surface area contributed by atoms with Crippen molar-refractivity contribution in [3.63, 3.8) is 0 Å². The zero-order valence-electron chi connectivity index (χ0n) is 11.2. The number of rotatable bonds is 4. The van der Waals surface area contributed by atoms with Gasteiger partial charge in [0.05, 0.1) is 25.3 Å². The van der Waals surface area contributed by atoms with Gasteiger partial charge in [-0.15, -0.1) is 0 Å². The van der Waals surface area contributed by atoms with E-state index in [9.17, 15) is 9.59 Å². The van der Waals surface area contributed by atoms with E-state index in [0.717, 1.165) is 25.8 Å². The summed E-state index contributed by atoms with van der Waals surface area (Å²) in [6.07, 6.45) is 3.01. The maximum atomic E-state index is 12.2. The van der Waals surface area contributed by atoms with Crippen molar-refractivity contribution >= 4 is 11.9 Å². The van der Waals surface area contributed by atoms with Crippen LogP contribution in [0.4, 0.5) is 0 Å². The number of hydrogen-bond acceptors (Lipinski definition) is 4. The van der Waals surface area contributed by atoms with Gasteiger partial charge in [-0.05, 0) is 25.3 Å². The molecule has 19 heavy (non-hydrogen) atoms. The highest BCUT2D eigenvalue weighted by Gasteiger charge is 2.36. The number of carboxylic acids is 1. The fourth-order valence-electron chi connectivity index (χ4n) is 2.79. The van der Waals surface area contributed by atoms with Gasteiger partial charge in [-0.1, -0.05) is 13.3 Å². The molecule has 6 nitrogen and oxygen atoms in total. The van der Waals surface area contributed by atoms with E-state index >= 15 is 0 Å². The third kappa shape index (κ3) is 3.45. The van der Waals surface area contributed by atoms with E-state index < -0.39 is 17.9 Å². The quantitative estimate of drug-likeness (QED) is 0.668. The topological polar surface area (TPSA) is 87.7 Å². The van der Waals surface area contributed by atoms with Crippen LogP contribution in [0.1, 0.15) is 26.2 Å². The third-order valence-electron chi connectivity index (χ3n) is 4.13. The Morgan fingerprint density at radius 1 is 1.42 bits per heavy atom. The summed E-state index contributed by atoms with van der Waals surface area (Å²) in [7, 11) is 0. The third-order valence-corrected chi connectivity index (χ3v) is 4.13. The Hall–Kier alpha value is -1.14. The van der Waals surface area contributed by atoms with Crippen molar-refractivity contribution in [3.8, 4) is 0 Å². The smallest absolute Gasteiger partial charge is 0.311 e. The minimum atomic E-state index is -0.911. The van der Waals surface area contributed by atoms with Crippen LogP contribution in [-0.4, -0.2) is 48.8 Å². The summed E-state index contributed by atoms with van der Waals surface area (Å²) in [5.74, 6) is -1.06. The summed E-state index contributed by atoms with van der Waals surface area (Å²) >= 11 is 0. The van der Waals surface area contributed by atoms with Gasteiger partial charge in [-0.2, -0.15) is 0 Å². The van der Waals surface area contributed by atoms with Gasteiger partial charge in [0.2, 0.25) is 5.91 Å². The van der Waals surface area contributed by atoms with E-state index in [1.54, 1.807) is 0 Å². The highest BCUT2D eigenvalue weighted by atomic mass is 16.5. The molecule has 1 amide bonds. The van der Waals surface area contributed by atoms with Crippen molar-refractivity contribution in [1.82, 2.24) is 10.6 Å². The lowest BCUT2D eigenvalue weighted by molar-refractivity contribution is -0.142. The molecular formula is C13H22N2O4. The molecule has 0 aromatic heterocycles. The number of carbonyl (C=O) groups excluding carboxylic acids is 1. The van der Waals surface area contributed by atoms with Crippen molar-refractivity contribution in [2.75, 3.05) is 19.8 Å². The van der Waals surface area contributed by atoms with Gasteiger partial charge in [0.1, 0.15) is 5.92 Å². The average Bonchev–Trinajstić information content (AvgIpc) is 2.87. The van der Waals surface area contributed by atoms with Crippen molar-refractivity contribution < 1.29 is 19.4 Å². The van der Waals surface area contributed by atoms with Crippen LogP contribution in [0.3, 0.4) is 0 Å². The van der Waals surface area contributed by atoms with Crippen LogP contribution in [0, 0.1) is 11.8 Å². The number of ether oxygens (including phenoxy) is 1. The van der Waals surface area contributed by atoms with E-state index in [4.69, 9.17) is 9.84 Å². The van der Waals surface area contributed by atoms with Crippen LogP contribution in [0.15, 0.2) is 0 Å². The molecule has 4 unspecified atom stereocenters. The van der Waals surface area contributed by atoms with Crippen LogP contribution in [0.25, 0.3) is 0 Å². The molecule has 2 saturated heterocycles. The first-order chi connectivity index (χ1) is 9.11. The zero-order chi connectivity index (χ0) is 13.8. The lowest BCUT2D eigenvalue weighted by atomic mass is 9.90. The number of piperidine rings is 1. The molecule has 108 valence electrons. The van der Waals surface area contributed by atoms with E-state index in [1.807, 2.05) is 0 Å². The number of carboxylic acid groups (broad SMARTS) is 1. The normalized spacial score (nSPS) is 35.0. The van der Waals surface area contributed by atoms with Crippen LogP contribution in [0.2, 0.25) is 0 Å². The Kier molecular flexibility index (Phi) is 4.76. The largest absolute Gasteiger partial charge is 0.481 e. The molecular weight excluding hydrogens is 248 g/mol. The second-order valence-corrected chi connectivity index (χ2v) is 5.40. The first kappa shape index (κ1) is 14.3. The van der Waals surface area contributed by atoms with Gasteiger partial charge in [0.15, 0.2) is 0 Å². The molecule has 2 heterocycles. The van der Waals surface area contributed by atoms with Gasteiger partial charge < -0.3 is 20.5 Å². The summed E-state index contributed by atoms with van der Waals surface area (Å²) in [5.41, 5.74) is 0.